The van der Waals surface area contributed by atoms with Gasteiger partial charge in [-0.2, -0.15) is 4.98 Å². The van der Waals surface area contributed by atoms with Crippen molar-refractivity contribution in [3.8, 4) is 0 Å². The van der Waals surface area contributed by atoms with Gasteiger partial charge < -0.3 is 19.4 Å². The number of nitrogens with zero attached hydrogens (tertiary/aromatic N) is 6. The summed E-state index contributed by atoms with van der Waals surface area (Å²) in [7, 11) is 2.16. The molecule has 2 aromatic rings. The van der Waals surface area contributed by atoms with Crippen molar-refractivity contribution in [3.63, 3.8) is 0 Å². The highest BCUT2D eigenvalue weighted by atomic mass is 19.1. The van der Waals surface area contributed by atoms with Crippen molar-refractivity contribution >= 4 is 11.8 Å². The second-order valence-electron chi connectivity index (χ2n) is 9.22. The van der Waals surface area contributed by atoms with Crippen molar-refractivity contribution in [2.75, 3.05) is 75.9 Å². The van der Waals surface area contributed by atoms with Crippen molar-refractivity contribution < 1.29 is 9.13 Å². The smallest absolute Gasteiger partial charge is 0.227 e. The summed E-state index contributed by atoms with van der Waals surface area (Å²) in [5, 5.41) is 0. The molecule has 4 heterocycles. The molecule has 2 saturated heterocycles. The lowest BCUT2D eigenvalue weighted by Crippen LogP contribution is -2.46. The molecule has 3 aliphatic heterocycles. The maximum Gasteiger partial charge on any atom is 0.227 e. The van der Waals surface area contributed by atoms with E-state index in [-0.39, 0.29) is 5.82 Å². The number of hydrogen-bond acceptors (Lipinski definition) is 7. The maximum atomic E-state index is 14.4. The Morgan fingerprint density at radius 2 is 1.75 bits per heavy atom. The zero-order chi connectivity index (χ0) is 22.1. The van der Waals surface area contributed by atoms with Crippen LogP contribution < -0.4 is 9.80 Å². The molecule has 5 rings (SSSR count). The normalized spacial score (nSPS) is 20.5. The second kappa shape index (κ2) is 9.29. The van der Waals surface area contributed by atoms with E-state index in [1.54, 1.807) is 6.07 Å². The molecule has 0 N–H and O–H groups in total. The molecule has 0 atom stereocenters. The van der Waals surface area contributed by atoms with E-state index in [2.05, 4.69) is 26.6 Å². The number of likely N-dealkylation sites (N-methyl/N-ethyl adjacent to an activating group) is 1. The van der Waals surface area contributed by atoms with Gasteiger partial charge >= 0.3 is 0 Å². The van der Waals surface area contributed by atoms with Crippen LogP contribution >= 0.6 is 0 Å². The van der Waals surface area contributed by atoms with Crippen molar-refractivity contribution in [2.45, 2.75) is 26.4 Å². The van der Waals surface area contributed by atoms with Gasteiger partial charge in [0.1, 0.15) is 11.6 Å². The molecule has 1 aromatic carbocycles. The molecule has 0 spiro atoms. The standard InChI is InChI=1S/C24H33FN6O/c1-18-3-4-21(25)19(15-18)16-29-6-5-22-20(17-29)23(30-11-13-32-14-12-30)27-24(26-22)31-9-7-28(2)8-10-31/h3-4,15H,5-14,16-17H2,1-2H3. The number of halogens is 1. The number of benzene rings is 1. The summed E-state index contributed by atoms with van der Waals surface area (Å²) in [6, 6.07) is 5.36. The second-order valence-corrected chi connectivity index (χ2v) is 9.22. The van der Waals surface area contributed by atoms with Crippen molar-refractivity contribution in [1.82, 2.24) is 19.8 Å². The fourth-order valence-electron chi connectivity index (χ4n) is 4.83. The molecular weight excluding hydrogens is 407 g/mol. The van der Waals surface area contributed by atoms with Crippen LogP contribution in [0, 0.1) is 12.7 Å². The monoisotopic (exact) mass is 440 g/mol. The molecule has 0 unspecified atom stereocenters. The van der Waals surface area contributed by atoms with Gasteiger partial charge in [-0.15, -0.1) is 0 Å². The fourth-order valence-corrected chi connectivity index (χ4v) is 4.83. The molecule has 3 aliphatic rings. The molecule has 172 valence electrons. The number of anilines is 2. The Kier molecular flexibility index (Phi) is 6.26. The molecule has 8 heteroatoms. The zero-order valence-corrected chi connectivity index (χ0v) is 19.2. The summed E-state index contributed by atoms with van der Waals surface area (Å²) in [5.41, 5.74) is 4.20. The zero-order valence-electron chi connectivity index (χ0n) is 19.2. The Morgan fingerprint density at radius 1 is 0.969 bits per heavy atom. The highest BCUT2D eigenvalue weighted by Crippen LogP contribution is 2.31. The predicted molar refractivity (Wildman–Crippen MR) is 124 cm³/mol. The van der Waals surface area contributed by atoms with Crippen LogP contribution in [-0.4, -0.2) is 85.8 Å². The van der Waals surface area contributed by atoms with Crippen molar-refractivity contribution in [2.24, 2.45) is 0 Å². The van der Waals surface area contributed by atoms with Crippen LogP contribution in [0.1, 0.15) is 22.4 Å². The van der Waals surface area contributed by atoms with Gasteiger partial charge in [0.25, 0.3) is 0 Å². The third kappa shape index (κ3) is 4.58. The van der Waals surface area contributed by atoms with Gasteiger partial charge in [0.05, 0.1) is 18.9 Å². The third-order valence-corrected chi connectivity index (χ3v) is 6.80. The number of ether oxygens (including phenoxy) is 1. The lowest BCUT2D eigenvalue weighted by Gasteiger charge is -2.37. The first kappa shape index (κ1) is 21.6. The molecule has 0 saturated carbocycles. The summed E-state index contributed by atoms with van der Waals surface area (Å²) >= 11 is 0. The quantitative estimate of drug-likeness (QED) is 0.721. The average molecular weight is 441 g/mol. The largest absolute Gasteiger partial charge is 0.378 e. The van der Waals surface area contributed by atoms with E-state index >= 15 is 0 Å². The third-order valence-electron chi connectivity index (χ3n) is 6.80. The Bertz CT molecular complexity index is 956. The van der Waals surface area contributed by atoms with E-state index < -0.39 is 0 Å². The highest BCUT2D eigenvalue weighted by Gasteiger charge is 2.28. The fraction of sp³-hybridized carbons (Fsp3) is 0.583. The van der Waals surface area contributed by atoms with Gasteiger partial charge in [0.15, 0.2) is 0 Å². The van der Waals surface area contributed by atoms with Crippen LogP contribution in [0.15, 0.2) is 18.2 Å². The average Bonchev–Trinajstić information content (AvgIpc) is 2.82. The topological polar surface area (TPSA) is 48.0 Å². The van der Waals surface area contributed by atoms with E-state index in [4.69, 9.17) is 14.7 Å². The van der Waals surface area contributed by atoms with Crippen LogP contribution in [0.4, 0.5) is 16.2 Å². The molecule has 0 bridgehead atoms. The molecule has 1 aromatic heterocycles. The first-order valence-electron chi connectivity index (χ1n) is 11.7. The van der Waals surface area contributed by atoms with Crippen LogP contribution in [0.2, 0.25) is 0 Å². The van der Waals surface area contributed by atoms with E-state index in [0.29, 0.717) is 6.54 Å². The summed E-state index contributed by atoms with van der Waals surface area (Å²) in [5.74, 6) is 1.77. The summed E-state index contributed by atoms with van der Waals surface area (Å²) < 4.78 is 20.0. The first-order valence-corrected chi connectivity index (χ1v) is 11.7. The number of hydrogen-bond donors (Lipinski definition) is 0. The Morgan fingerprint density at radius 3 is 2.53 bits per heavy atom. The first-order chi connectivity index (χ1) is 15.6. The molecular formula is C24H33FN6O. The SMILES string of the molecule is Cc1ccc(F)c(CN2CCc3nc(N4CCN(C)CC4)nc(N4CCOCC4)c3C2)c1. The van der Waals surface area contributed by atoms with Crippen molar-refractivity contribution in [1.29, 1.82) is 0 Å². The van der Waals surface area contributed by atoms with E-state index in [9.17, 15) is 4.39 Å². The molecule has 7 nitrogen and oxygen atoms in total. The molecule has 0 radical (unpaired) electrons. The molecule has 2 fully saturated rings. The van der Waals surface area contributed by atoms with E-state index in [1.807, 2.05) is 19.1 Å². The Balaban J connectivity index is 1.43. The van der Waals surface area contributed by atoms with Crippen LogP contribution in [0.5, 0.6) is 0 Å². The van der Waals surface area contributed by atoms with Gasteiger partial charge in [-0.3, -0.25) is 4.90 Å². The summed E-state index contributed by atoms with van der Waals surface area (Å²) in [6.07, 6.45) is 0.864. The van der Waals surface area contributed by atoms with Gasteiger partial charge in [-0.25, -0.2) is 9.37 Å². The number of aryl methyl sites for hydroxylation is 1. The van der Waals surface area contributed by atoms with Gasteiger partial charge in [0, 0.05) is 76.5 Å². The van der Waals surface area contributed by atoms with E-state index in [1.165, 1.54) is 5.56 Å². The van der Waals surface area contributed by atoms with Crippen LogP contribution in [-0.2, 0) is 24.2 Å². The molecule has 0 amide bonds. The van der Waals surface area contributed by atoms with E-state index in [0.717, 1.165) is 101 Å². The van der Waals surface area contributed by atoms with Gasteiger partial charge in [0.2, 0.25) is 5.95 Å². The van der Waals surface area contributed by atoms with Crippen LogP contribution in [0.3, 0.4) is 0 Å². The Labute approximate surface area is 189 Å². The number of morpholine rings is 1. The lowest BCUT2D eigenvalue weighted by molar-refractivity contribution is 0.122. The minimum absolute atomic E-state index is 0.128. The molecule has 0 aliphatic carbocycles. The highest BCUT2D eigenvalue weighted by molar-refractivity contribution is 5.54. The number of piperazine rings is 1. The lowest BCUT2D eigenvalue weighted by atomic mass is 10.0. The van der Waals surface area contributed by atoms with Gasteiger partial charge in [-0.05, 0) is 20.0 Å². The minimum Gasteiger partial charge on any atom is -0.378 e. The Hall–Kier alpha value is -2.29. The predicted octanol–water partition coefficient (Wildman–Crippen LogP) is 2.07. The number of rotatable bonds is 4. The number of aromatic nitrogens is 2. The summed E-state index contributed by atoms with van der Waals surface area (Å²) in [4.78, 5) is 19.5. The minimum atomic E-state index is -0.128. The van der Waals surface area contributed by atoms with Crippen molar-refractivity contribution in [3.05, 3.63) is 46.4 Å². The van der Waals surface area contributed by atoms with Crippen LogP contribution in [0.25, 0.3) is 0 Å². The summed E-state index contributed by atoms with van der Waals surface area (Å²) in [6.45, 7) is 11.4. The number of fused-ring (bicyclic) bond motifs is 1. The molecule has 32 heavy (non-hydrogen) atoms. The maximum absolute atomic E-state index is 14.4. The van der Waals surface area contributed by atoms with Gasteiger partial charge in [-0.1, -0.05) is 17.7 Å².